The molecule has 2 atom stereocenters. The van der Waals surface area contributed by atoms with Crippen molar-refractivity contribution in [2.45, 2.75) is 45.7 Å². The fraction of sp³-hybridized carbons (Fsp3) is 0.500. The Balaban J connectivity index is 2.67. The Hall–Kier alpha value is -2.02. The van der Waals surface area contributed by atoms with Crippen LogP contribution in [0.5, 0.6) is 0 Å². The van der Waals surface area contributed by atoms with Crippen molar-refractivity contribution in [2.75, 3.05) is 11.9 Å². The maximum atomic E-state index is 12.2. The van der Waals surface area contributed by atoms with Gasteiger partial charge in [0.15, 0.2) is 0 Å². The van der Waals surface area contributed by atoms with Gasteiger partial charge < -0.3 is 10.2 Å². The number of carbonyl (C=O) groups is 1. The first-order valence-corrected chi connectivity index (χ1v) is 7.03. The molecule has 0 fully saturated rings. The Kier molecular flexibility index (Phi) is 6.05. The van der Waals surface area contributed by atoms with E-state index in [-0.39, 0.29) is 18.0 Å². The summed E-state index contributed by atoms with van der Waals surface area (Å²) in [7, 11) is 1.89. The van der Waals surface area contributed by atoms with Gasteiger partial charge in [-0.05, 0) is 44.5 Å². The molecule has 1 N–H and O–H groups in total. The molecule has 1 aromatic rings. The molecule has 2 unspecified atom stereocenters. The van der Waals surface area contributed by atoms with E-state index in [0.29, 0.717) is 5.56 Å². The molecule has 1 amide bonds. The summed E-state index contributed by atoms with van der Waals surface area (Å²) in [6, 6.07) is 9.28. The zero-order chi connectivity index (χ0) is 15.1. The SMILES string of the molecule is CCCC(C)NC(=O)C(C)N(C)c1ccc(C#N)cc1. The summed E-state index contributed by atoms with van der Waals surface area (Å²) in [5.74, 6) is 0.0257. The van der Waals surface area contributed by atoms with Crippen molar-refractivity contribution < 1.29 is 4.79 Å². The average Bonchev–Trinajstić information content (AvgIpc) is 2.46. The van der Waals surface area contributed by atoms with E-state index < -0.39 is 0 Å². The minimum atomic E-state index is -0.248. The number of hydrogen-bond acceptors (Lipinski definition) is 3. The number of benzene rings is 1. The van der Waals surface area contributed by atoms with Gasteiger partial charge in [-0.15, -0.1) is 0 Å². The largest absolute Gasteiger partial charge is 0.363 e. The third-order valence-corrected chi connectivity index (χ3v) is 3.47. The quantitative estimate of drug-likeness (QED) is 0.867. The molecule has 0 heterocycles. The molecule has 0 bridgehead atoms. The number of amides is 1. The van der Waals surface area contributed by atoms with Gasteiger partial charge in [-0.25, -0.2) is 0 Å². The van der Waals surface area contributed by atoms with Crippen molar-refractivity contribution in [1.82, 2.24) is 5.32 Å². The molecule has 4 heteroatoms. The van der Waals surface area contributed by atoms with E-state index in [1.165, 1.54) is 0 Å². The zero-order valence-electron chi connectivity index (χ0n) is 12.7. The Morgan fingerprint density at radius 2 is 1.95 bits per heavy atom. The van der Waals surface area contributed by atoms with Gasteiger partial charge in [-0.2, -0.15) is 5.26 Å². The van der Waals surface area contributed by atoms with E-state index in [1.54, 1.807) is 12.1 Å². The first-order chi connectivity index (χ1) is 9.49. The standard InChI is InChI=1S/C16H23N3O/c1-5-6-12(2)18-16(20)13(3)19(4)15-9-7-14(11-17)8-10-15/h7-10,12-13H,5-6H2,1-4H3,(H,18,20). The smallest absolute Gasteiger partial charge is 0.242 e. The van der Waals surface area contributed by atoms with Crippen LogP contribution < -0.4 is 10.2 Å². The third kappa shape index (κ3) is 4.27. The predicted octanol–water partition coefficient (Wildman–Crippen LogP) is 2.69. The summed E-state index contributed by atoms with van der Waals surface area (Å²) in [5.41, 5.74) is 1.55. The Labute approximate surface area is 121 Å². The lowest BCUT2D eigenvalue weighted by Crippen LogP contribution is -2.46. The molecule has 20 heavy (non-hydrogen) atoms. The van der Waals surface area contributed by atoms with Crippen molar-refractivity contribution in [3.8, 4) is 6.07 Å². The number of hydrogen-bond donors (Lipinski definition) is 1. The maximum Gasteiger partial charge on any atom is 0.242 e. The molecule has 0 aliphatic carbocycles. The van der Waals surface area contributed by atoms with Gasteiger partial charge in [-0.3, -0.25) is 4.79 Å². The van der Waals surface area contributed by atoms with Crippen LogP contribution in [-0.2, 0) is 4.79 Å². The van der Waals surface area contributed by atoms with Gasteiger partial charge in [0.25, 0.3) is 0 Å². The van der Waals surface area contributed by atoms with E-state index in [2.05, 4.69) is 18.3 Å². The van der Waals surface area contributed by atoms with Crippen molar-refractivity contribution in [1.29, 1.82) is 5.26 Å². The van der Waals surface area contributed by atoms with Crippen molar-refractivity contribution in [2.24, 2.45) is 0 Å². The second-order valence-electron chi connectivity index (χ2n) is 5.14. The first-order valence-electron chi connectivity index (χ1n) is 7.03. The fourth-order valence-electron chi connectivity index (χ4n) is 2.04. The summed E-state index contributed by atoms with van der Waals surface area (Å²) >= 11 is 0. The second kappa shape index (κ2) is 7.54. The number of nitrogens with zero attached hydrogens (tertiary/aromatic N) is 2. The van der Waals surface area contributed by atoms with Crippen molar-refractivity contribution >= 4 is 11.6 Å². The summed E-state index contributed by atoms with van der Waals surface area (Å²) in [6.07, 6.45) is 2.04. The van der Waals surface area contributed by atoms with Crippen LogP contribution in [0.4, 0.5) is 5.69 Å². The highest BCUT2D eigenvalue weighted by Gasteiger charge is 2.19. The third-order valence-electron chi connectivity index (χ3n) is 3.47. The van der Waals surface area contributed by atoms with Crippen LogP contribution in [0.2, 0.25) is 0 Å². The Bertz CT molecular complexity index is 475. The molecule has 0 radical (unpaired) electrons. The highest BCUT2D eigenvalue weighted by molar-refractivity contribution is 5.84. The second-order valence-corrected chi connectivity index (χ2v) is 5.14. The van der Waals surface area contributed by atoms with E-state index in [9.17, 15) is 4.79 Å². The molecular formula is C16H23N3O. The molecule has 108 valence electrons. The minimum absolute atomic E-state index is 0.0257. The van der Waals surface area contributed by atoms with E-state index in [1.807, 2.05) is 37.9 Å². The lowest BCUT2D eigenvalue weighted by atomic mass is 10.1. The van der Waals surface area contributed by atoms with Crippen LogP contribution >= 0.6 is 0 Å². The molecule has 0 aromatic heterocycles. The predicted molar refractivity (Wildman–Crippen MR) is 81.5 cm³/mol. The van der Waals surface area contributed by atoms with Crippen LogP contribution in [0.15, 0.2) is 24.3 Å². The fourth-order valence-corrected chi connectivity index (χ4v) is 2.04. The molecule has 0 spiro atoms. The highest BCUT2D eigenvalue weighted by atomic mass is 16.2. The lowest BCUT2D eigenvalue weighted by molar-refractivity contribution is -0.122. The molecule has 1 aromatic carbocycles. The molecule has 0 aliphatic heterocycles. The first kappa shape index (κ1) is 16.0. The number of nitriles is 1. The monoisotopic (exact) mass is 273 g/mol. The molecule has 4 nitrogen and oxygen atoms in total. The molecule has 1 rings (SSSR count). The summed E-state index contributed by atoms with van der Waals surface area (Å²) in [5, 5.41) is 11.8. The van der Waals surface area contributed by atoms with Crippen LogP contribution in [0.1, 0.15) is 39.2 Å². The average molecular weight is 273 g/mol. The Morgan fingerprint density at radius 1 is 1.35 bits per heavy atom. The van der Waals surface area contributed by atoms with Crippen LogP contribution in [0.25, 0.3) is 0 Å². The molecular weight excluding hydrogens is 250 g/mol. The number of likely N-dealkylation sites (N-methyl/N-ethyl adjacent to an activating group) is 1. The minimum Gasteiger partial charge on any atom is -0.363 e. The molecule has 0 saturated carbocycles. The van der Waals surface area contributed by atoms with Gasteiger partial charge in [-0.1, -0.05) is 13.3 Å². The van der Waals surface area contributed by atoms with E-state index >= 15 is 0 Å². The normalized spacial score (nSPS) is 13.2. The lowest BCUT2D eigenvalue weighted by Gasteiger charge is -2.27. The van der Waals surface area contributed by atoms with Gasteiger partial charge in [0.1, 0.15) is 6.04 Å². The topological polar surface area (TPSA) is 56.1 Å². The van der Waals surface area contributed by atoms with Crippen molar-refractivity contribution in [3.05, 3.63) is 29.8 Å². The number of carbonyl (C=O) groups excluding carboxylic acids is 1. The summed E-state index contributed by atoms with van der Waals surface area (Å²) in [6.45, 7) is 6.01. The molecule has 0 saturated heterocycles. The van der Waals surface area contributed by atoms with Gasteiger partial charge in [0, 0.05) is 18.8 Å². The van der Waals surface area contributed by atoms with Gasteiger partial charge in [0.05, 0.1) is 11.6 Å². The van der Waals surface area contributed by atoms with Gasteiger partial charge in [0.2, 0.25) is 5.91 Å². The van der Waals surface area contributed by atoms with Gasteiger partial charge >= 0.3 is 0 Å². The van der Waals surface area contributed by atoms with Crippen LogP contribution in [0.3, 0.4) is 0 Å². The van der Waals surface area contributed by atoms with Crippen LogP contribution in [0, 0.1) is 11.3 Å². The highest BCUT2D eigenvalue weighted by Crippen LogP contribution is 2.16. The Morgan fingerprint density at radius 3 is 2.45 bits per heavy atom. The zero-order valence-corrected chi connectivity index (χ0v) is 12.7. The number of nitrogens with one attached hydrogen (secondary N) is 1. The molecule has 0 aliphatic rings. The van der Waals surface area contributed by atoms with E-state index in [4.69, 9.17) is 5.26 Å². The van der Waals surface area contributed by atoms with Crippen LogP contribution in [-0.4, -0.2) is 25.0 Å². The summed E-state index contributed by atoms with van der Waals surface area (Å²) in [4.78, 5) is 14.1. The maximum absolute atomic E-state index is 12.2. The summed E-state index contributed by atoms with van der Waals surface area (Å²) < 4.78 is 0. The number of anilines is 1. The van der Waals surface area contributed by atoms with E-state index in [0.717, 1.165) is 18.5 Å². The number of rotatable bonds is 6. The van der Waals surface area contributed by atoms with Crippen molar-refractivity contribution in [3.63, 3.8) is 0 Å².